The highest BCUT2D eigenvalue weighted by Gasteiger charge is 2.16. The van der Waals surface area contributed by atoms with Crippen molar-refractivity contribution in [2.75, 3.05) is 17.2 Å². The molecule has 1 unspecified atom stereocenters. The van der Waals surface area contributed by atoms with Gasteiger partial charge in [0.05, 0.1) is 0 Å². The van der Waals surface area contributed by atoms with Gasteiger partial charge in [-0.05, 0) is 47.9 Å². The van der Waals surface area contributed by atoms with Gasteiger partial charge in [0.1, 0.15) is 6.04 Å². The monoisotopic (exact) mass is 428 g/mol. The Labute approximate surface area is 185 Å². The molecular weight excluding hydrogens is 404 g/mol. The fourth-order valence-electron chi connectivity index (χ4n) is 3.59. The van der Waals surface area contributed by atoms with Crippen LogP contribution in [-0.4, -0.2) is 38.6 Å². The Balaban J connectivity index is 1.71. The van der Waals surface area contributed by atoms with Crippen molar-refractivity contribution >= 4 is 34.3 Å². The summed E-state index contributed by atoms with van der Waals surface area (Å²) in [5.41, 5.74) is 14.1. The Morgan fingerprint density at radius 1 is 1.00 bits per heavy atom. The van der Waals surface area contributed by atoms with Gasteiger partial charge in [0.25, 0.3) is 0 Å². The molecule has 4 rings (SSSR count). The molecule has 0 aliphatic heterocycles. The van der Waals surface area contributed by atoms with Gasteiger partial charge in [0.2, 0.25) is 11.9 Å². The molecule has 0 saturated heterocycles. The summed E-state index contributed by atoms with van der Waals surface area (Å²) in [6.45, 7) is 2.65. The second-order valence-electron chi connectivity index (χ2n) is 7.44. The van der Waals surface area contributed by atoms with Crippen molar-refractivity contribution in [1.82, 2.24) is 15.0 Å². The number of carboxylic acid groups (broad SMARTS) is 1. The quantitative estimate of drug-likeness (QED) is 0.408. The van der Waals surface area contributed by atoms with Gasteiger partial charge in [-0.1, -0.05) is 48.5 Å². The lowest BCUT2D eigenvalue weighted by molar-refractivity contribution is -0.138. The zero-order valence-electron chi connectivity index (χ0n) is 17.6. The van der Waals surface area contributed by atoms with Crippen molar-refractivity contribution < 1.29 is 9.90 Å². The first-order valence-electron chi connectivity index (χ1n) is 10.3. The van der Waals surface area contributed by atoms with Crippen LogP contribution in [0, 0.1) is 0 Å². The Bertz CT molecular complexity index is 1280. The molecule has 1 aromatic heterocycles. The van der Waals surface area contributed by atoms with Crippen molar-refractivity contribution in [1.29, 1.82) is 0 Å². The van der Waals surface area contributed by atoms with E-state index >= 15 is 0 Å². The predicted octanol–water partition coefficient (Wildman–Crippen LogP) is 3.39. The largest absolute Gasteiger partial charge is 0.480 e. The average molecular weight is 428 g/mol. The maximum atomic E-state index is 11.1. The number of benzene rings is 3. The Hall–Kier alpha value is -4.04. The van der Waals surface area contributed by atoms with E-state index in [2.05, 4.69) is 39.2 Å². The van der Waals surface area contributed by atoms with Crippen LogP contribution in [0.1, 0.15) is 12.5 Å². The molecule has 162 valence electrons. The van der Waals surface area contributed by atoms with E-state index in [1.807, 2.05) is 54.3 Å². The van der Waals surface area contributed by atoms with Gasteiger partial charge in [0, 0.05) is 17.8 Å². The molecule has 0 spiro atoms. The highest BCUT2D eigenvalue weighted by atomic mass is 16.4. The number of rotatable bonds is 7. The minimum atomic E-state index is -1.05. The fraction of sp³-hybridized carbons (Fsp3) is 0.167. The zero-order chi connectivity index (χ0) is 22.7. The second kappa shape index (κ2) is 8.99. The van der Waals surface area contributed by atoms with E-state index in [1.54, 1.807) is 0 Å². The van der Waals surface area contributed by atoms with Gasteiger partial charge in [-0.15, -0.1) is 0 Å². The third kappa shape index (κ3) is 4.50. The average Bonchev–Trinajstić information content (AvgIpc) is 2.79. The summed E-state index contributed by atoms with van der Waals surface area (Å²) in [6, 6.07) is 20.7. The number of carboxylic acids is 1. The topological polar surface area (TPSA) is 131 Å². The number of anilines is 3. The van der Waals surface area contributed by atoms with Crippen LogP contribution in [0.3, 0.4) is 0 Å². The molecule has 3 aromatic carbocycles. The third-order valence-electron chi connectivity index (χ3n) is 5.20. The first-order chi connectivity index (χ1) is 15.4. The van der Waals surface area contributed by atoms with Crippen LogP contribution in [0.15, 0.2) is 66.7 Å². The SMILES string of the molecule is CCN(c1ccc2ccccc2c1)c1nc(N)nc(-c2cccc(CC(N)C(=O)O)c2)n1. The molecule has 32 heavy (non-hydrogen) atoms. The first-order valence-corrected chi connectivity index (χ1v) is 10.3. The molecule has 0 radical (unpaired) electrons. The minimum absolute atomic E-state index is 0.108. The summed E-state index contributed by atoms with van der Waals surface area (Å²) in [6.07, 6.45) is 0.203. The molecule has 5 N–H and O–H groups in total. The van der Waals surface area contributed by atoms with Crippen LogP contribution < -0.4 is 16.4 Å². The smallest absolute Gasteiger partial charge is 0.320 e. The summed E-state index contributed by atoms with van der Waals surface area (Å²) in [4.78, 5) is 26.4. The third-order valence-corrected chi connectivity index (χ3v) is 5.20. The highest BCUT2D eigenvalue weighted by molar-refractivity contribution is 5.86. The van der Waals surface area contributed by atoms with E-state index in [9.17, 15) is 4.79 Å². The lowest BCUT2D eigenvalue weighted by atomic mass is 10.0. The zero-order valence-corrected chi connectivity index (χ0v) is 17.6. The second-order valence-corrected chi connectivity index (χ2v) is 7.44. The van der Waals surface area contributed by atoms with Gasteiger partial charge >= 0.3 is 5.97 Å². The number of nitrogens with zero attached hydrogens (tertiary/aromatic N) is 4. The van der Waals surface area contributed by atoms with Gasteiger partial charge in [-0.25, -0.2) is 0 Å². The van der Waals surface area contributed by atoms with Crippen LogP contribution in [0.5, 0.6) is 0 Å². The van der Waals surface area contributed by atoms with E-state index in [0.717, 1.165) is 22.0 Å². The molecule has 0 fully saturated rings. The normalized spacial score (nSPS) is 11.9. The van der Waals surface area contributed by atoms with E-state index in [4.69, 9.17) is 16.6 Å². The van der Waals surface area contributed by atoms with Crippen molar-refractivity contribution in [2.24, 2.45) is 5.73 Å². The predicted molar refractivity (Wildman–Crippen MR) is 126 cm³/mol. The van der Waals surface area contributed by atoms with E-state index in [-0.39, 0.29) is 12.4 Å². The van der Waals surface area contributed by atoms with Crippen LogP contribution in [-0.2, 0) is 11.2 Å². The summed E-state index contributed by atoms with van der Waals surface area (Å²) in [7, 11) is 0. The first kappa shape index (κ1) is 21.2. The molecule has 0 aliphatic carbocycles. The summed E-state index contributed by atoms with van der Waals surface area (Å²) in [5, 5.41) is 11.4. The van der Waals surface area contributed by atoms with Crippen LogP contribution >= 0.6 is 0 Å². The number of aliphatic carboxylic acids is 1. The van der Waals surface area contributed by atoms with E-state index in [0.29, 0.717) is 23.9 Å². The van der Waals surface area contributed by atoms with Gasteiger partial charge in [-0.3, -0.25) is 4.79 Å². The number of hydrogen-bond donors (Lipinski definition) is 3. The van der Waals surface area contributed by atoms with Gasteiger partial charge in [-0.2, -0.15) is 15.0 Å². The Kier molecular flexibility index (Phi) is 5.96. The number of nitrogens with two attached hydrogens (primary N) is 2. The van der Waals surface area contributed by atoms with Crippen LogP contribution in [0.25, 0.3) is 22.2 Å². The summed E-state index contributed by atoms with van der Waals surface area (Å²) >= 11 is 0. The fourth-order valence-corrected chi connectivity index (χ4v) is 3.59. The minimum Gasteiger partial charge on any atom is -0.480 e. The van der Waals surface area contributed by atoms with Crippen LogP contribution in [0.2, 0.25) is 0 Å². The van der Waals surface area contributed by atoms with Crippen molar-refractivity contribution in [2.45, 2.75) is 19.4 Å². The standard InChI is InChI=1S/C24H24N6O2/c1-2-30(19-11-10-16-7-3-4-8-17(16)14-19)24-28-21(27-23(26)29-24)18-9-5-6-15(12-18)13-20(25)22(31)32/h3-12,14,20H,2,13,25H2,1H3,(H,31,32)(H2,26,27,28,29). The summed E-state index contributed by atoms with van der Waals surface area (Å²) in [5.74, 6) is -0.0802. The summed E-state index contributed by atoms with van der Waals surface area (Å²) < 4.78 is 0. The molecule has 1 atom stereocenters. The number of nitrogen functional groups attached to an aromatic ring is 1. The number of aromatic nitrogens is 3. The van der Waals surface area contributed by atoms with E-state index in [1.165, 1.54) is 0 Å². The number of hydrogen-bond acceptors (Lipinski definition) is 7. The van der Waals surface area contributed by atoms with Crippen molar-refractivity contribution in [3.8, 4) is 11.4 Å². The number of fused-ring (bicyclic) bond motifs is 1. The maximum Gasteiger partial charge on any atom is 0.320 e. The Morgan fingerprint density at radius 3 is 2.53 bits per heavy atom. The van der Waals surface area contributed by atoms with Crippen LogP contribution in [0.4, 0.5) is 17.6 Å². The molecule has 8 heteroatoms. The molecule has 1 heterocycles. The Morgan fingerprint density at radius 2 is 1.78 bits per heavy atom. The molecule has 4 aromatic rings. The molecule has 8 nitrogen and oxygen atoms in total. The number of carbonyl (C=O) groups is 1. The molecule has 0 saturated carbocycles. The van der Waals surface area contributed by atoms with Crippen molar-refractivity contribution in [3.05, 3.63) is 72.3 Å². The van der Waals surface area contributed by atoms with Gasteiger partial charge < -0.3 is 21.5 Å². The molecular formula is C24H24N6O2. The molecule has 0 bridgehead atoms. The van der Waals surface area contributed by atoms with Gasteiger partial charge in [0.15, 0.2) is 5.82 Å². The van der Waals surface area contributed by atoms with Crippen molar-refractivity contribution in [3.63, 3.8) is 0 Å². The van der Waals surface area contributed by atoms with E-state index < -0.39 is 12.0 Å². The lowest BCUT2D eigenvalue weighted by Crippen LogP contribution is -2.32. The highest BCUT2D eigenvalue weighted by Crippen LogP contribution is 2.28. The molecule has 0 amide bonds. The maximum absolute atomic E-state index is 11.1. The lowest BCUT2D eigenvalue weighted by Gasteiger charge is -2.22. The molecule has 0 aliphatic rings.